The predicted molar refractivity (Wildman–Crippen MR) is 84.5 cm³/mol. The Morgan fingerprint density at radius 1 is 1.10 bits per heavy atom. The second-order valence-corrected chi connectivity index (χ2v) is 9.70. The summed E-state index contributed by atoms with van der Waals surface area (Å²) in [6, 6.07) is 0.758. The van der Waals surface area contributed by atoms with E-state index in [0.717, 1.165) is 30.8 Å². The van der Waals surface area contributed by atoms with Crippen LogP contribution in [0.5, 0.6) is 0 Å². The highest BCUT2D eigenvalue weighted by atomic mass is 32.2. The highest BCUT2D eigenvalue weighted by Crippen LogP contribution is 2.39. The van der Waals surface area contributed by atoms with Gasteiger partial charge in [0.2, 0.25) is 0 Å². The summed E-state index contributed by atoms with van der Waals surface area (Å²) >= 11 is 0. The van der Waals surface area contributed by atoms with Crippen LogP contribution in [0.25, 0.3) is 0 Å². The summed E-state index contributed by atoms with van der Waals surface area (Å²) in [4.78, 5) is 0. The van der Waals surface area contributed by atoms with E-state index in [2.05, 4.69) is 19.2 Å². The van der Waals surface area contributed by atoms with E-state index in [-0.39, 0.29) is 0 Å². The van der Waals surface area contributed by atoms with Gasteiger partial charge in [-0.2, -0.15) is 0 Å². The van der Waals surface area contributed by atoms with Gasteiger partial charge in [0, 0.05) is 12.3 Å². The Morgan fingerprint density at radius 3 is 2.35 bits per heavy atom. The topological polar surface area (TPSA) is 46.2 Å². The first-order valence-electron chi connectivity index (χ1n) is 8.26. The van der Waals surface area contributed by atoms with Gasteiger partial charge in [0.25, 0.3) is 0 Å². The van der Waals surface area contributed by atoms with Crippen molar-refractivity contribution in [3.05, 3.63) is 0 Å². The second-order valence-electron chi connectivity index (χ2n) is 7.44. The molecule has 0 heterocycles. The first kappa shape index (κ1) is 16.3. The summed E-state index contributed by atoms with van der Waals surface area (Å²) in [6.07, 6.45) is 8.71. The van der Waals surface area contributed by atoms with Crippen molar-refractivity contribution in [2.75, 3.05) is 18.6 Å². The molecule has 2 fully saturated rings. The highest BCUT2D eigenvalue weighted by molar-refractivity contribution is 7.90. The molecule has 0 saturated heterocycles. The molecule has 0 bridgehead atoms. The fourth-order valence-electron chi connectivity index (χ4n) is 3.56. The number of sulfone groups is 1. The lowest BCUT2D eigenvalue weighted by molar-refractivity contribution is 0.142. The molecule has 0 aromatic heterocycles. The van der Waals surface area contributed by atoms with Gasteiger partial charge in [-0.05, 0) is 68.7 Å². The van der Waals surface area contributed by atoms with Gasteiger partial charge in [-0.1, -0.05) is 13.8 Å². The summed E-state index contributed by atoms with van der Waals surface area (Å²) in [5.74, 6) is 3.16. The lowest BCUT2D eigenvalue weighted by Crippen LogP contribution is -2.36. The van der Waals surface area contributed by atoms with Crippen molar-refractivity contribution in [1.29, 1.82) is 0 Å². The Kier molecular flexibility index (Phi) is 5.52. The first-order chi connectivity index (χ1) is 9.35. The van der Waals surface area contributed by atoms with E-state index in [1.807, 2.05) is 0 Å². The van der Waals surface area contributed by atoms with Gasteiger partial charge < -0.3 is 5.32 Å². The normalized spacial score (nSPS) is 31.7. The van der Waals surface area contributed by atoms with Gasteiger partial charge >= 0.3 is 0 Å². The van der Waals surface area contributed by atoms with Crippen molar-refractivity contribution in [3.63, 3.8) is 0 Å². The van der Waals surface area contributed by atoms with Crippen LogP contribution in [0.1, 0.15) is 52.4 Å². The van der Waals surface area contributed by atoms with Gasteiger partial charge in [0.05, 0.1) is 5.75 Å². The Balaban J connectivity index is 1.89. The van der Waals surface area contributed by atoms with Crippen LogP contribution in [-0.2, 0) is 9.84 Å². The fraction of sp³-hybridized carbons (Fsp3) is 1.00. The molecule has 0 amide bonds. The van der Waals surface area contributed by atoms with Gasteiger partial charge in [-0.3, -0.25) is 0 Å². The first-order valence-corrected chi connectivity index (χ1v) is 10.3. The van der Waals surface area contributed by atoms with Crippen LogP contribution in [0.3, 0.4) is 0 Å². The Hall–Kier alpha value is -0.0900. The minimum Gasteiger partial charge on any atom is -0.314 e. The molecule has 0 radical (unpaired) electrons. The highest BCUT2D eigenvalue weighted by Gasteiger charge is 2.33. The molecule has 20 heavy (non-hydrogen) atoms. The summed E-state index contributed by atoms with van der Waals surface area (Å²) in [5.41, 5.74) is 0. The summed E-state index contributed by atoms with van der Waals surface area (Å²) < 4.78 is 22.9. The monoisotopic (exact) mass is 301 g/mol. The summed E-state index contributed by atoms with van der Waals surface area (Å²) in [5, 5.41) is 3.65. The van der Waals surface area contributed by atoms with E-state index in [1.54, 1.807) is 0 Å². The van der Waals surface area contributed by atoms with Crippen molar-refractivity contribution >= 4 is 9.84 Å². The van der Waals surface area contributed by atoms with Crippen LogP contribution in [0.4, 0.5) is 0 Å². The zero-order chi connectivity index (χ0) is 14.8. The van der Waals surface area contributed by atoms with Crippen molar-refractivity contribution in [1.82, 2.24) is 5.32 Å². The molecule has 0 aromatic carbocycles. The fourth-order valence-corrected chi connectivity index (χ4v) is 4.29. The third kappa shape index (κ3) is 5.36. The smallest absolute Gasteiger partial charge is 0.147 e. The molecular weight excluding hydrogens is 270 g/mol. The maximum Gasteiger partial charge on any atom is 0.147 e. The van der Waals surface area contributed by atoms with Crippen molar-refractivity contribution in [2.45, 2.75) is 58.4 Å². The van der Waals surface area contributed by atoms with E-state index in [4.69, 9.17) is 0 Å². The Labute approximate surface area is 124 Å². The number of nitrogens with one attached hydrogen (secondary N) is 1. The van der Waals surface area contributed by atoms with E-state index in [9.17, 15) is 8.42 Å². The van der Waals surface area contributed by atoms with Gasteiger partial charge in [0.15, 0.2) is 0 Å². The molecule has 2 aliphatic carbocycles. The molecule has 3 atom stereocenters. The van der Waals surface area contributed by atoms with E-state index in [0.29, 0.717) is 17.6 Å². The minimum absolute atomic E-state index is 0.364. The third-order valence-electron chi connectivity index (χ3n) is 5.23. The van der Waals surface area contributed by atoms with Crippen molar-refractivity contribution in [3.8, 4) is 0 Å². The minimum atomic E-state index is -2.82. The molecule has 4 heteroatoms. The molecule has 3 nitrogen and oxygen atoms in total. The molecule has 1 N–H and O–H groups in total. The zero-order valence-corrected chi connectivity index (χ0v) is 14.1. The predicted octanol–water partition coefficient (Wildman–Crippen LogP) is 2.86. The average molecular weight is 301 g/mol. The standard InChI is InChI=1S/C16H31NO2S/c1-12(2)13-4-5-15(11-17-16-6-7-16)14(10-13)8-9-20(3,18)19/h12-17H,4-11H2,1-3H3. The van der Waals surface area contributed by atoms with Crippen molar-refractivity contribution < 1.29 is 8.42 Å². The molecular formula is C16H31NO2S. The lowest BCUT2D eigenvalue weighted by Gasteiger charge is -2.38. The number of hydrogen-bond acceptors (Lipinski definition) is 3. The van der Waals surface area contributed by atoms with Crippen LogP contribution in [0, 0.1) is 23.7 Å². The van der Waals surface area contributed by atoms with E-state index >= 15 is 0 Å². The van der Waals surface area contributed by atoms with Crippen LogP contribution in [-0.4, -0.2) is 33.0 Å². The molecule has 3 unspecified atom stereocenters. The van der Waals surface area contributed by atoms with Crippen LogP contribution in [0.15, 0.2) is 0 Å². The molecule has 0 spiro atoms. The maximum absolute atomic E-state index is 11.5. The average Bonchev–Trinajstić information content (AvgIpc) is 3.17. The van der Waals surface area contributed by atoms with Gasteiger partial charge in [0.1, 0.15) is 9.84 Å². The van der Waals surface area contributed by atoms with Crippen LogP contribution >= 0.6 is 0 Å². The molecule has 2 rings (SSSR count). The quantitative estimate of drug-likeness (QED) is 0.786. The third-order valence-corrected chi connectivity index (χ3v) is 6.21. The SMILES string of the molecule is CC(C)C1CCC(CNC2CC2)C(CCS(C)(=O)=O)C1. The Morgan fingerprint density at radius 2 is 1.80 bits per heavy atom. The molecule has 0 aliphatic heterocycles. The molecule has 118 valence electrons. The van der Waals surface area contributed by atoms with E-state index in [1.165, 1.54) is 38.4 Å². The van der Waals surface area contributed by atoms with Crippen LogP contribution < -0.4 is 5.32 Å². The van der Waals surface area contributed by atoms with Gasteiger partial charge in [-0.25, -0.2) is 8.42 Å². The summed E-state index contributed by atoms with van der Waals surface area (Å²) in [6.45, 7) is 5.71. The van der Waals surface area contributed by atoms with Crippen LogP contribution in [0.2, 0.25) is 0 Å². The molecule has 0 aromatic rings. The number of hydrogen-bond donors (Lipinski definition) is 1. The van der Waals surface area contributed by atoms with Crippen molar-refractivity contribution in [2.24, 2.45) is 23.7 Å². The largest absolute Gasteiger partial charge is 0.314 e. The maximum atomic E-state index is 11.5. The molecule has 2 aliphatic rings. The Bertz CT molecular complexity index is 401. The summed E-state index contributed by atoms with van der Waals surface area (Å²) in [7, 11) is -2.82. The lowest BCUT2D eigenvalue weighted by atomic mass is 9.69. The zero-order valence-electron chi connectivity index (χ0n) is 13.3. The second kappa shape index (κ2) is 6.78. The van der Waals surface area contributed by atoms with Gasteiger partial charge in [-0.15, -0.1) is 0 Å². The molecule has 2 saturated carbocycles. The van der Waals surface area contributed by atoms with E-state index < -0.39 is 9.84 Å². The number of rotatable bonds is 7.